The van der Waals surface area contributed by atoms with Gasteiger partial charge in [0.1, 0.15) is 0 Å². The van der Waals surface area contributed by atoms with E-state index in [9.17, 15) is 14.7 Å². The lowest BCUT2D eigenvalue weighted by Crippen LogP contribution is -2.60. The quantitative estimate of drug-likeness (QED) is 0.728. The van der Waals surface area contributed by atoms with Gasteiger partial charge < -0.3 is 5.11 Å². The first-order chi connectivity index (χ1) is 7.69. The Morgan fingerprint density at radius 2 is 1.69 bits per heavy atom. The Kier molecular flexibility index (Phi) is 3.54. The highest BCUT2D eigenvalue weighted by molar-refractivity contribution is 8.00. The number of imide groups is 1. The first-order valence-corrected chi connectivity index (χ1v) is 6.90. The Bertz CT molecular complexity index is 284. The van der Waals surface area contributed by atoms with Crippen LogP contribution in [0.5, 0.6) is 0 Å². The summed E-state index contributed by atoms with van der Waals surface area (Å²) >= 11 is 1.37. The second kappa shape index (κ2) is 4.75. The van der Waals surface area contributed by atoms with Crippen LogP contribution >= 0.6 is 11.8 Å². The fourth-order valence-electron chi connectivity index (χ4n) is 2.69. The molecule has 90 valence electrons. The second-order valence-corrected chi connectivity index (χ2v) is 5.54. The summed E-state index contributed by atoms with van der Waals surface area (Å²) < 4.78 is 0. The van der Waals surface area contributed by atoms with Crippen molar-refractivity contribution in [1.82, 2.24) is 4.90 Å². The van der Waals surface area contributed by atoms with Crippen molar-refractivity contribution in [3.05, 3.63) is 0 Å². The van der Waals surface area contributed by atoms with Gasteiger partial charge in [-0.05, 0) is 12.8 Å². The number of aliphatic hydroxyl groups excluding tert-OH is 1. The first kappa shape index (κ1) is 11.9. The van der Waals surface area contributed by atoms with E-state index >= 15 is 0 Å². The van der Waals surface area contributed by atoms with Crippen molar-refractivity contribution in [1.29, 1.82) is 0 Å². The van der Waals surface area contributed by atoms with Crippen molar-refractivity contribution >= 4 is 23.6 Å². The standard InChI is InChI=1S/C11H17NO3S/c13-8-11(4-2-1-3-5-11)12-9(14)6-16-7-10(12)15/h13H,1-8H2. The molecule has 1 aliphatic heterocycles. The zero-order valence-electron chi connectivity index (χ0n) is 9.28. The van der Waals surface area contributed by atoms with Crippen LogP contribution in [0.25, 0.3) is 0 Å². The predicted octanol–water partition coefficient (Wildman–Crippen LogP) is 0.784. The summed E-state index contributed by atoms with van der Waals surface area (Å²) in [5, 5.41) is 9.58. The number of amides is 2. The van der Waals surface area contributed by atoms with Gasteiger partial charge in [0.15, 0.2) is 0 Å². The monoisotopic (exact) mass is 243 g/mol. The molecule has 4 nitrogen and oxygen atoms in total. The molecule has 2 aliphatic rings. The van der Waals surface area contributed by atoms with Crippen molar-refractivity contribution in [2.24, 2.45) is 0 Å². The molecule has 0 spiro atoms. The lowest BCUT2D eigenvalue weighted by Gasteiger charge is -2.45. The molecule has 0 radical (unpaired) electrons. The van der Waals surface area contributed by atoms with Crippen LogP contribution in [0.1, 0.15) is 32.1 Å². The molecule has 1 aliphatic carbocycles. The summed E-state index contributed by atoms with van der Waals surface area (Å²) in [6.45, 7) is -0.0881. The smallest absolute Gasteiger partial charge is 0.239 e. The van der Waals surface area contributed by atoms with Gasteiger partial charge in [0.05, 0.1) is 23.7 Å². The number of hydrogen-bond donors (Lipinski definition) is 1. The summed E-state index contributed by atoms with van der Waals surface area (Å²) in [5.41, 5.74) is -0.590. The SMILES string of the molecule is O=C1CSCC(=O)N1C1(CO)CCCCC1. The Balaban J connectivity index is 2.23. The van der Waals surface area contributed by atoms with Gasteiger partial charge in [0.25, 0.3) is 0 Å². The minimum Gasteiger partial charge on any atom is -0.394 e. The van der Waals surface area contributed by atoms with Crippen LogP contribution in [0.15, 0.2) is 0 Å². The highest BCUT2D eigenvalue weighted by Gasteiger charge is 2.44. The number of thioether (sulfide) groups is 1. The third kappa shape index (κ3) is 1.98. The molecule has 0 aromatic heterocycles. The predicted molar refractivity (Wildman–Crippen MR) is 62.1 cm³/mol. The summed E-state index contributed by atoms with van der Waals surface area (Å²) in [4.78, 5) is 25.0. The first-order valence-electron chi connectivity index (χ1n) is 5.74. The van der Waals surface area contributed by atoms with Gasteiger partial charge in [-0.3, -0.25) is 14.5 Å². The van der Waals surface area contributed by atoms with Crippen molar-refractivity contribution in [2.75, 3.05) is 18.1 Å². The van der Waals surface area contributed by atoms with Gasteiger partial charge in [-0.1, -0.05) is 19.3 Å². The molecular weight excluding hydrogens is 226 g/mol. The number of hydrogen-bond acceptors (Lipinski definition) is 4. The topological polar surface area (TPSA) is 57.6 Å². The molecule has 16 heavy (non-hydrogen) atoms. The van der Waals surface area contributed by atoms with Crippen molar-refractivity contribution in [3.63, 3.8) is 0 Å². The third-order valence-electron chi connectivity index (χ3n) is 3.50. The third-order valence-corrected chi connectivity index (χ3v) is 4.40. The summed E-state index contributed by atoms with van der Waals surface area (Å²) in [7, 11) is 0. The van der Waals surface area contributed by atoms with Crippen LogP contribution in [0.3, 0.4) is 0 Å². The van der Waals surface area contributed by atoms with Crippen molar-refractivity contribution in [2.45, 2.75) is 37.6 Å². The summed E-state index contributed by atoms with van der Waals surface area (Å²) in [6.07, 6.45) is 4.62. The zero-order valence-corrected chi connectivity index (χ0v) is 10.1. The van der Waals surface area contributed by atoms with E-state index in [1.807, 2.05) is 0 Å². The van der Waals surface area contributed by atoms with E-state index in [4.69, 9.17) is 0 Å². The number of aliphatic hydroxyl groups is 1. The van der Waals surface area contributed by atoms with Crippen LogP contribution in [0.2, 0.25) is 0 Å². The van der Waals surface area contributed by atoms with Gasteiger partial charge >= 0.3 is 0 Å². The zero-order chi connectivity index (χ0) is 11.6. The summed E-state index contributed by atoms with van der Waals surface area (Å²) in [5.74, 6) is 0.482. The van der Waals surface area contributed by atoms with E-state index in [1.54, 1.807) is 0 Å². The normalized spacial score (nSPS) is 25.9. The lowest BCUT2D eigenvalue weighted by molar-refractivity contribution is -0.153. The maximum atomic E-state index is 11.8. The Morgan fingerprint density at radius 1 is 1.12 bits per heavy atom. The molecule has 1 saturated heterocycles. The van der Waals surface area contributed by atoms with Gasteiger partial charge in [-0.2, -0.15) is 0 Å². The van der Waals surface area contributed by atoms with Crippen molar-refractivity contribution in [3.8, 4) is 0 Å². The number of carbonyl (C=O) groups excluding carboxylic acids is 2. The van der Waals surface area contributed by atoms with Crippen LogP contribution in [-0.4, -0.2) is 45.5 Å². The van der Waals surface area contributed by atoms with Crippen molar-refractivity contribution < 1.29 is 14.7 Å². The molecular formula is C11H17NO3S. The van der Waals surface area contributed by atoms with Gasteiger partial charge in [0.2, 0.25) is 11.8 Å². The molecule has 2 rings (SSSR count). The molecule has 1 heterocycles. The van der Waals surface area contributed by atoms with Gasteiger partial charge in [-0.25, -0.2) is 0 Å². The Morgan fingerprint density at radius 3 is 2.19 bits per heavy atom. The van der Waals surface area contributed by atoms with Crippen LogP contribution in [-0.2, 0) is 9.59 Å². The largest absolute Gasteiger partial charge is 0.394 e. The molecule has 2 amide bonds. The molecule has 1 saturated carbocycles. The molecule has 5 heteroatoms. The van der Waals surface area contributed by atoms with Crippen LogP contribution in [0.4, 0.5) is 0 Å². The molecule has 0 unspecified atom stereocenters. The average molecular weight is 243 g/mol. The van der Waals surface area contributed by atoms with E-state index in [0.717, 1.165) is 32.1 Å². The van der Waals surface area contributed by atoms with Gasteiger partial charge in [0, 0.05) is 0 Å². The van der Waals surface area contributed by atoms with E-state index in [1.165, 1.54) is 16.7 Å². The number of carbonyl (C=O) groups is 2. The fourth-order valence-corrected chi connectivity index (χ4v) is 3.39. The number of nitrogens with zero attached hydrogens (tertiary/aromatic N) is 1. The lowest BCUT2D eigenvalue weighted by atomic mass is 9.80. The van der Waals surface area contributed by atoms with E-state index in [0.29, 0.717) is 11.5 Å². The number of rotatable bonds is 2. The second-order valence-electron chi connectivity index (χ2n) is 4.56. The minimum atomic E-state index is -0.590. The van der Waals surface area contributed by atoms with Crippen LogP contribution in [0, 0.1) is 0 Å². The molecule has 0 atom stereocenters. The molecule has 0 aromatic carbocycles. The summed E-state index contributed by atoms with van der Waals surface area (Å²) in [6, 6.07) is 0. The highest BCUT2D eigenvalue weighted by atomic mass is 32.2. The average Bonchev–Trinajstić information content (AvgIpc) is 2.30. The highest BCUT2D eigenvalue weighted by Crippen LogP contribution is 2.35. The molecule has 0 bridgehead atoms. The van der Waals surface area contributed by atoms with Gasteiger partial charge in [-0.15, -0.1) is 11.8 Å². The minimum absolute atomic E-state index is 0.0881. The van der Waals surface area contributed by atoms with Crippen LogP contribution < -0.4 is 0 Å². The maximum absolute atomic E-state index is 11.8. The van der Waals surface area contributed by atoms with E-state index in [-0.39, 0.29) is 18.4 Å². The molecule has 2 fully saturated rings. The van der Waals surface area contributed by atoms with E-state index in [2.05, 4.69) is 0 Å². The Labute approximate surface area is 99.4 Å². The molecule has 1 N–H and O–H groups in total. The maximum Gasteiger partial charge on any atom is 0.239 e. The fraction of sp³-hybridized carbons (Fsp3) is 0.818. The molecule has 0 aromatic rings. The van der Waals surface area contributed by atoms with E-state index < -0.39 is 5.54 Å². The Hall–Kier alpha value is -0.550.